The van der Waals surface area contributed by atoms with E-state index in [4.69, 9.17) is 15.9 Å². The van der Waals surface area contributed by atoms with Crippen LogP contribution in [0.25, 0.3) is 0 Å². The predicted molar refractivity (Wildman–Crippen MR) is 122 cm³/mol. The molecule has 36 heavy (non-hydrogen) atoms. The van der Waals surface area contributed by atoms with Gasteiger partial charge in [0.1, 0.15) is 11.9 Å². The maximum atomic E-state index is 13.9. The molecule has 0 saturated carbocycles. The van der Waals surface area contributed by atoms with Gasteiger partial charge in [-0.3, -0.25) is 9.59 Å². The normalized spacial score (nSPS) is 22.4. The number of hydrogen-bond donors (Lipinski definition) is 4. The first-order chi connectivity index (χ1) is 16.8. The van der Waals surface area contributed by atoms with Gasteiger partial charge in [-0.2, -0.15) is 0 Å². The molecule has 0 aliphatic carbocycles. The van der Waals surface area contributed by atoms with Crippen LogP contribution in [-0.4, -0.2) is 63.0 Å². The van der Waals surface area contributed by atoms with E-state index in [0.29, 0.717) is 31.1 Å². The molecule has 2 amide bonds. The number of aliphatic carboxylic acids is 2. The molecule has 5 atom stereocenters. The third kappa shape index (κ3) is 7.80. The van der Waals surface area contributed by atoms with Gasteiger partial charge in [0.15, 0.2) is 11.6 Å². The van der Waals surface area contributed by atoms with Gasteiger partial charge in [-0.15, -0.1) is 0 Å². The summed E-state index contributed by atoms with van der Waals surface area (Å²) in [6, 6.07) is 0.495. The van der Waals surface area contributed by atoms with Crippen LogP contribution in [0, 0.1) is 23.4 Å². The number of carboxylic acids is 2. The molecule has 2 fully saturated rings. The van der Waals surface area contributed by atoms with Crippen molar-refractivity contribution in [1.82, 2.24) is 10.2 Å². The Kier molecular flexibility index (Phi) is 10.0. The van der Waals surface area contributed by atoms with E-state index in [1.165, 1.54) is 6.92 Å². The molecule has 2 aliphatic heterocycles. The fourth-order valence-corrected chi connectivity index (χ4v) is 4.80. The molecule has 2 aliphatic rings. The summed E-state index contributed by atoms with van der Waals surface area (Å²) in [5.41, 5.74) is 6.36. The summed E-state index contributed by atoms with van der Waals surface area (Å²) in [6.07, 6.45) is 4.33. The molecule has 3 rings (SSSR count). The van der Waals surface area contributed by atoms with Gasteiger partial charge in [0.25, 0.3) is 0 Å². The van der Waals surface area contributed by atoms with Crippen LogP contribution in [0.15, 0.2) is 24.3 Å². The van der Waals surface area contributed by atoms with Gasteiger partial charge in [0.05, 0.1) is 0 Å². The molecule has 1 unspecified atom stereocenters. The highest BCUT2D eigenvalue weighted by atomic mass is 19.2. The van der Waals surface area contributed by atoms with E-state index in [-0.39, 0.29) is 41.8 Å². The van der Waals surface area contributed by atoms with Gasteiger partial charge >= 0.3 is 11.9 Å². The van der Waals surface area contributed by atoms with Crippen LogP contribution in [-0.2, 0) is 25.6 Å². The average molecular weight is 514 g/mol. The highest BCUT2D eigenvalue weighted by Gasteiger charge is 2.45. The maximum absolute atomic E-state index is 13.9. The number of nitrogens with zero attached hydrogens (tertiary/aromatic N) is 1. The van der Waals surface area contributed by atoms with E-state index in [2.05, 4.69) is 5.32 Å². The number of fused-ring (bicyclic) bond motifs is 2. The Labute approximate surface area is 206 Å². The van der Waals surface area contributed by atoms with E-state index in [1.807, 2.05) is 4.90 Å². The van der Waals surface area contributed by atoms with Crippen molar-refractivity contribution in [2.45, 2.75) is 70.1 Å². The number of nitrogens with one attached hydrogen (secondary N) is 1. The topological polar surface area (TPSA) is 150 Å². The fourth-order valence-electron chi connectivity index (χ4n) is 4.80. The highest BCUT2D eigenvalue weighted by molar-refractivity contribution is 5.89. The standard InChI is InChI=1S/C20H26F3N3O2.C4H4O4/c1-10(25-11(2)27)20(28)26-14-3-4-15(26)6-13(5-14)19(24)8-12-7-17(22)18(23)9-16(12)21;5-3(6)1-2-4(7)8/h7,9-10,13-15,19H,3-6,8,24H2,1-2H3,(H,25,27);1-2H,(H,5,6)(H,7,8)/b;2-1-/t10-,13?,14-,15+,19+;/m0./s1. The molecule has 2 heterocycles. The summed E-state index contributed by atoms with van der Waals surface area (Å²) in [4.78, 5) is 44.9. The van der Waals surface area contributed by atoms with Crippen molar-refractivity contribution in [2.75, 3.05) is 0 Å². The zero-order valence-electron chi connectivity index (χ0n) is 19.9. The Morgan fingerprint density at radius 2 is 1.53 bits per heavy atom. The third-order valence-corrected chi connectivity index (χ3v) is 6.33. The summed E-state index contributed by atoms with van der Waals surface area (Å²) < 4.78 is 40.5. The van der Waals surface area contributed by atoms with E-state index in [0.717, 1.165) is 18.9 Å². The number of halogens is 3. The molecule has 2 bridgehead atoms. The van der Waals surface area contributed by atoms with Gasteiger partial charge < -0.3 is 26.2 Å². The van der Waals surface area contributed by atoms with Crippen LogP contribution in [0.3, 0.4) is 0 Å². The average Bonchev–Trinajstić information content (AvgIpc) is 3.04. The quantitative estimate of drug-likeness (QED) is 0.322. The van der Waals surface area contributed by atoms with E-state index in [9.17, 15) is 32.3 Å². The van der Waals surface area contributed by atoms with Crippen molar-refractivity contribution in [3.05, 3.63) is 47.3 Å². The number of carbonyl (C=O) groups is 4. The van der Waals surface area contributed by atoms with E-state index >= 15 is 0 Å². The molecule has 0 radical (unpaired) electrons. The lowest BCUT2D eigenvalue weighted by molar-refractivity contribution is -0.140. The molecule has 12 heteroatoms. The maximum Gasteiger partial charge on any atom is 0.328 e. The molecular weight excluding hydrogens is 483 g/mol. The first kappa shape index (κ1) is 28.8. The Hall–Kier alpha value is -3.41. The molecule has 198 valence electrons. The largest absolute Gasteiger partial charge is 0.478 e. The number of hydrogen-bond acceptors (Lipinski definition) is 5. The molecule has 9 nitrogen and oxygen atoms in total. The van der Waals surface area contributed by atoms with Crippen molar-refractivity contribution in [1.29, 1.82) is 0 Å². The van der Waals surface area contributed by atoms with Crippen molar-refractivity contribution in [3.8, 4) is 0 Å². The Balaban J connectivity index is 0.000000493. The fraction of sp³-hybridized carbons (Fsp3) is 0.500. The Bertz CT molecular complexity index is 1000. The minimum Gasteiger partial charge on any atom is -0.478 e. The highest BCUT2D eigenvalue weighted by Crippen LogP contribution is 2.40. The second-order valence-corrected chi connectivity index (χ2v) is 9.02. The zero-order chi connectivity index (χ0) is 27.2. The van der Waals surface area contributed by atoms with Gasteiger partial charge in [0, 0.05) is 43.3 Å². The van der Waals surface area contributed by atoms with Crippen molar-refractivity contribution in [3.63, 3.8) is 0 Å². The summed E-state index contributed by atoms with van der Waals surface area (Å²) >= 11 is 0. The minimum atomic E-state index is -1.26. The lowest BCUT2D eigenvalue weighted by atomic mass is 9.82. The molecule has 5 N–H and O–H groups in total. The molecule has 2 saturated heterocycles. The van der Waals surface area contributed by atoms with Crippen LogP contribution in [0.1, 0.15) is 45.1 Å². The number of carboxylic acid groups (broad SMARTS) is 2. The minimum absolute atomic E-state index is 0.0355. The Morgan fingerprint density at radius 1 is 1.03 bits per heavy atom. The van der Waals surface area contributed by atoms with E-state index < -0.39 is 41.5 Å². The zero-order valence-corrected chi connectivity index (χ0v) is 19.9. The number of amides is 2. The molecule has 0 spiro atoms. The third-order valence-electron chi connectivity index (χ3n) is 6.33. The summed E-state index contributed by atoms with van der Waals surface area (Å²) in [6.45, 7) is 3.05. The number of piperidine rings is 1. The second kappa shape index (κ2) is 12.5. The Morgan fingerprint density at radius 3 is 2.00 bits per heavy atom. The van der Waals surface area contributed by atoms with Gasteiger partial charge in [-0.25, -0.2) is 22.8 Å². The van der Waals surface area contributed by atoms with Gasteiger partial charge in [-0.1, -0.05) is 0 Å². The molecule has 1 aromatic carbocycles. The summed E-state index contributed by atoms with van der Waals surface area (Å²) in [5, 5.41) is 18.3. The van der Waals surface area contributed by atoms with Gasteiger partial charge in [-0.05, 0) is 56.6 Å². The van der Waals surface area contributed by atoms with Crippen LogP contribution in [0.4, 0.5) is 13.2 Å². The number of benzene rings is 1. The molecular formula is C24H30F3N3O6. The van der Waals surface area contributed by atoms with Crippen molar-refractivity contribution >= 4 is 23.8 Å². The van der Waals surface area contributed by atoms with Crippen LogP contribution < -0.4 is 11.1 Å². The smallest absolute Gasteiger partial charge is 0.328 e. The number of carbonyl (C=O) groups excluding carboxylic acids is 2. The van der Waals surface area contributed by atoms with Crippen LogP contribution >= 0.6 is 0 Å². The van der Waals surface area contributed by atoms with Gasteiger partial charge in [0.2, 0.25) is 11.8 Å². The number of nitrogens with two attached hydrogens (primary N) is 1. The van der Waals surface area contributed by atoms with Crippen LogP contribution in [0.2, 0.25) is 0 Å². The second-order valence-electron chi connectivity index (χ2n) is 9.02. The van der Waals surface area contributed by atoms with Crippen molar-refractivity contribution < 1.29 is 42.6 Å². The first-order valence-corrected chi connectivity index (χ1v) is 11.4. The summed E-state index contributed by atoms with van der Waals surface area (Å²) in [7, 11) is 0. The lowest BCUT2D eigenvalue weighted by Crippen LogP contribution is -2.55. The molecule has 1 aromatic rings. The first-order valence-electron chi connectivity index (χ1n) is 11.4. The van der Waals surface area contributed by atoms with Crippen molar-refractivity contribution in [2.24, 2.45) is 11.7 Å². The molecule has 0 aromatic heterocycles. The van der Waals surface area contributed by atoms with E-state index in [1.54, 1.807) is 6.92 Å². The monoisotopic (exact) mass is 513 g/mol. The SMILES string of the molecule is CC(=O)N[C@@H](C)C(=O)N1[C@@H]2CC[C@H]1CC([C@H](N)Cc1cc(F)c(F)cc1F)C2.O=C(O)/C=C\C(=O)O. The number of rotatable bonds is 7. The lowest BCUT2D eigenvalue weighted by Gasteiger charge is -2.42. The van der Waals surface area contributed by atoms with Crippen LogP contribution in [0.5, 0.6) is 0 Å². The summed E-state index contributed by atoms with van der Waals surface area (Å²) in [5.74, 6) is -5.90. The predicted octanol–water partition coefficient (Wildman–Crippen LogP) is 1.98.